The van der Waals surface area contributed by atoms with E-state index in [2.05, 4.69) is 33.1 Å². The first-order valence-corrected chi connectivity index (χ1v) is 11.8. The number of hydrogen-bond donors (Lipinski definition) is 4. The minimum absolute atomic E-state index is 0.176. The number of benzene rings is 2. The van der Waals surface area contributed by atoms with E-state index < -0.39 is 0 Å². The Morgan fingerprint density at radius 3 is 2.82 bits per heavy atom. The molecule has 1 unspecified atom stereocenters. The lowest BCUT2D eigenvalue weighted by atomic mass is 9.99. The van der Waals surface area contributed by atoms with Gasteiger partial charge in [0.2, 0.25) is 0 Å². The average Bonchev–Trinajstić information content (AvgIpc) is 3.34. The van der Waals surface area contributed by atoms with E-state index in [0.29, 0.717) is 29.5 Å². The summed E-state index contributed by atoms with van der Waals surface area (Å²) in [6, 6.07) is 15.0. The molecule has 176 valence electrons. The van der Waals surface area contributed by atoms with Gasteiger partial charge in [-0.25, -0.2) is 0 Å². The summed E-state index contributed by atoms with van der Waals surface area (Å²) in [5, 5.41) is 12.1. The monoisotopic (exact) mass is 457 g/mol. The molecule has 1 atom stereocenters. The number of likely N-dealkylation sites (N-methyl/N-ethyl adjacent to an activating group) is 1. The van der Waals surface area contributed by atoms with Crippen LogP contribution in [0.5, 0.6) is 0 Å². The Kier molecular flexibility index (Phi) is 7.84. The highest BCUT2D eigenvalue weighted by Gasteiger charge is 2.18. The van der Waals surface area contributed by atoms with Crippen LogP contribution in [0.25, 0.3) is 0 Å². The molecule has 2 heterocycles. The van der Waals surface area contributed by atoms with Gasteiger partial charge in [0.1, 0.15) is 5.70 Å². The molecule has 1 fully saturated rings. The third-order valence-corrected chi connectivity index (χ3v) is 5.97. The number of hydrogen-bond acceptors (Lipinski definition) is 5. The molecule has 34 heavy (non-hydrogen) atoms. The molecule has 2 amide bonds. The molecule has 0 spiro atoms. The molecular weight excluding hydrogens is 426 g/mol. The van der Waals surface area contributed by atoms with E-state index in [1.165, 1.54) is 19.3 Å². The van der Waals surface area contributed by atoms with Gasteiger partial charge in [-0.15, -0.1) is 0 Å². The molecule has 0 saturated carbocycles. The topological polar surface area (TPSA) is 85.5 Å². The third-order valence-electron chi connectivity index (χ3n) is 5.97. The number of nitrogens with zero attached hydrogens (tertiary/aromatic N) is 1. The number of carbonyl (C=O) groups is 2. The van der Waals surface area contributed by atoms with Gasteiger partial charge in [-0.05, 0) is 55.8 Å². The summed E-state index contributed by atoms with van der Waals surface area (Å²) in [6.07, 6.45) is 6.59. The van der Waals surface area contributed by atoms with Crippen LogP contribution in [0.2, 0.25) is 0 Å². The molecule has 0 aliphatic carbocycles. The lowest BCUT2D eigenvalue weighted by Crippen LogP contribution is -2.27. The maximum atomic E-state index is 12.9. The van der Waals surface area contributed by atoms with E-state index in [4.69, 9.17) is 0 Å². The van der Waals surface area contributed by atoms with Crippen molar-refractivity contribution in [1.29, 1.82) is 0 Å². The van der Waals surface area contributed by atoms with Crippen molar-refractivity contribution in [3.05, 3.63) is 71.6 Å². The van der Waals surface area contributed by atoms with Crippen LogP contribution in [0.3, 0.4) is 0 Å². The van der Waals surface area contributed by atoms with Crippen LogP contribution < -0.4 is 26.2 Å². The zero-order valence-corrected chi connectivity index (χ0v) is 19.5. The molecule has 0 bridgehead atoms. The first kappa shape index (κ1) is 23.4. The second-order valence-electron chi connectivity index (χ2n) is 8.53. The van der Waals surface area contributed by atoms with Crippen LogP contribution in [0.4, 0.5) is 11.4 Å². The van der Waals surface area contributed by atoms with Gasteiger partial charge in [0.15, 0.2) is 0 Å². The highest BCUT2D eigenvalue weighted by Crippen LogP contribution is 2.21. The highest BCUT2D eigenvalue weighted by atomic mass is 16.2. The van der Waals surface area contributed by atoms with Gasteiger partial charge in [0.05, 0.1) is 6.67 Å². The van der Waals surface area contributed by atoms with Crippen molar-refractivity contribution in [1.82, 2.24) is 16.0 Å². The van der Waals surface area contributed by atoms with Crippen molar-refractivity contribution in [3.63, 3.8) is 0 Å². The van der Waals surface area contributed by atoms with Gasteiger partial charge in [0.25, 0.3) is 11.8 Å². The standard InChI is InChI=1S/C27H31N5O2/c1-28-27(34)25-18-32(19-30-25)24-11-6-9-22(16-24)26(33)31-23-10-5-8-20(15-23)12-13-21-7-3-2-4-14-29-17-21/h5-6,8-11,15-16,18,21,29-30H,2-4,7,14,17,19H2,1H3,(H,28,34)(H,31,33). The fraction of sp³-hybridized carbons (Fsp3) is 0.333. The SMILES string of the molecule is CNC(=O)C1=CN(c2cccc(C(=O)Nc3cccc(C#CC4CCCCCNC4)c3)c2)CN1. The van der Waals surface area contributed by atoms with Gasteiger partial charge in [-0.3, -0.25) is 9.59 Å². The largest absolute Gasteiger partial charge is 0.362 e. The molecule has 0 radical (unpaired) electrons. The van der Waals surface area contributed by atoms with E-state index in [1.807, 2.05) is 47.4 Å². The van der Waals surface area contributed by atoms with Gasteiger partial charge < -0.3 is 26.2 Å². The molecular formula is C27H31N5O2. The maximum absolute atomic E-state index is 12.9. The summed E-state index contributed by atoms with van der Waals surface area (Å²) >= 11 is 0. The van der Waals surface area contributed by atoms with Crippen molar-refractivity contribution in [2.24, 2.45) is 5.92 Å². The quantitative estimate of drug-likeness (QED) is 0.531. The van der Waals surface area contributed by atoms with Crippen molar-refractivity contribution in [3.8, 4) is 11.8 Å². The molecule has 1 saturated heterocycles. The van der Waals surface area contributed by atoms with Gasteiger partial charge >= 0.3 is 0 Å². The van der Waals surface area contributed by atoms with E-state index in [1.54, 1.807) is 19.3 Å². The maximum Gasteiger partial charge on any atom is 0.268 e. The van der Waals surface area contributed by atoms with Crippen LogP contribution in [-0.2, 0) is 4.79 Å². The van der Waals surface area contributed by atoms with Crippen molar-refractivity contribution < 1.29 is 9.59 Å². The minimum atomic E-state index is -0.196. The number of anilines is 2. The van der Waals surface area contributed by atoms with Crippen molar-refractivity contribution in [2.75, 3.05) is 37.0 Å². The summed E-state index contributed by atoms with van der Waals surface area (Å²) in [5.41, 5.74) is 3.46. The Bertz CT molecular complexity index is 1120. The lowest BCUT2D eigenvalue weighted by molar-refractivity contribution is -0.117. The second-order valence-corrected chi connectivity index (χ2v) is 8.53. The van der Waals surface area contributed by atoms with Gasteiger partial charge in [-0.2, -0.15) is 0 Å². The zero-order valence-electron chi connectivity index (χ0n) is 19.5. The van der Waals surface area contributed by atoms with Crippen LogP contribution in [0.1, 0.15) is 41.6 Å². The summed E-state index contributed by atoms with van der Waals surface area (Å²) < 4.78 is 0. The first-order chi connectivity index (χ1) is 16.6. The van der Waals surface area contributed by atoms with E-state index in [0.717, 1.165) is 30.8 Å². The van der Waals surface area contributed by atoms with E-state index in [-0.39, 0.29) is 11.8 Å². The number of nitrogens with one attached hydrogen (secondary N) is 4. The molecule has 7 heteroatoms. The van der Waals surface area contributed by atoms with Crippen molar-refractivity contribution in [2.45, 2.75) is 25.7 Å². The third kappa shape index (κ3) is 6.18. The summed E-state index contributed by atoms with van der Waals surface area (Å²) in [5.74, 6) is 6.68. The van der Waals surface area contributed by atoms with Crippen LogP contribution in [0.15, 0.2) is 60.4 Å². The van der Waals surface area contributed by atoms with Crippen LogP contribution >= 0.6 is 0 Å². The molecule has 2 aromatic carbocycles. The Morgan fingerprint density at radius 1 is 1.06 bits per heavy atom. The zero-order chi connectivity index (χ0) is 23.8. The number of amides is 2. The predicted octanol–water partition coefficient (Wildman–Crippen LogP) is 3.02. The van der Waals surface area contributed by atoms with Gasteiger partial charge in [0, 0.05) is 48.2 Å². The molecule has 7 nitrogen and oxygen atoms in total. The Balaban J connectivity index is 1.42. The molecule has 4 N–H and O–H groups in total. The Morgan fingerprint density at radius 2 is 1.94 bits per heavy atom. The fourth-order valence-electron chi connectivity index (χ4n) is 4.07. The average molecular weight is 458 g/mol. The van der Waals surface area contributed by atoms with E-state index in [9.17, 15) is 9.59 Å². The lowest BCUT2D eigenvalue weighted by Gasteiger charge is -2.15. The summed E-state index contributed by atoms with van der Waals surface area (Å²) in [4.78, 5) is 26.6. The number of carbonyl (C=O) groups excluding carboxylic acids is 2. The molecule has 2 aliphatic heterocycles. The number of rotatable bonds is 4. The Hall–Kier alpha value is -3.76. The van der Waals surface area contributed by atoms with Crippen LogP contribution in [0, 0.1) is 17.8 Å². The van der Waals surface area contributed by atoms with Crippen LogP contribution in [-0.4, -0.2) is 38.6 Å². The molecule has 0 aromatic heterocycles. The first-order valence-electron chi connectivity index (χ1n) is 11.8. The molecule has 4 rings (SSSR count). The predicted molar refractivity (Wildman–Crippen MR) is 135 cm³/mol. The minimum Gasteiger partial charge on any atom is -0.362 e. The molecule has 2 aliphatic rings. The van der Waals surface area contributed by atoms with Gasteiger partial charge in [-0.1, -0.05) is 36.8 Å². The van der Waals surface area contributed by atoms with Crippen molar-refractivity contribution >= 4 is 23.2 Å². The normalized spacial score (nSPS) is 17.9. The fourth-order valence-corrected chi connectivity index (χ4v) is 4.07. The highest BCUT2D eigenvalue weighted by molar-refractivity contribution is 6.05. The summed E-state index contributed by atoms with van der Waals surface area (Å²) in [6.45, 7) is 2.47. The second kappa shape index (κ2) is 11.4. The molecule has 2 aromatic rings. The Labute approximate surface area is 201 Å². The summed E-state index contributed by atoms with van der Waals surface area (Å²) in [7, 11) is 1.59. The van der Waals surface area contributed by atoms with E-state index >= 15 is 0 Å². The smallest absolute Gasteiger partial charge is 0.268 e.